The van der Waals surface area contributed by atoms with Gasteiger partial charge in [0, 0.05) is 16.6 Å². The Morgan fingerprint density at radius 3 is 2.77 bits per heavy atom. The van der Waals surface area contributed by atoms with E-state index >= 15 is 0 Å². The molecule has 0 aliphatic heterocycles. The van der Waals surface area contributed by atoms with Crippen LogP contribution >= 0.6 is 11.6 Å². The van der Waals surface area contributed by atoms with Crippen LogP contribution in [0.2, 0.25) is 5.02 Å². The number of carbonyl (C=O) groups excluding carboxylic acids is 1. The number of hydrogen-bond acceptors (Lipinski definition) is 3. The van der Waals surface area contributed by atoms with Crippen LogP contribution in [0, 0.1) is 0 Å². The van der Waals surface area contributed by atoms with Gasteiger partial charge >= 0.3 is 0 Å². The number of hydrogen-bond donors (Lipinski definition) is 2. The van der Waals surface area contributed by atoms with Crippen LogP contribution in [0.5, 0.6) is 5.75 Å². The zero-order valence-electron chi connectivity index (χ0n) is 12.3. The predicted octanol–water partition coefficient (Wildman–Crippen LogP) is 3.03. The van der Waals surface area contributed by atoms with Crippen LogP contribution in [0.15, 0.2) is 48.5 Å². The number of nitrogens with one attached hydrogen (secondary N) is 1. The molecule has 22 heavy (non-hydrogen) atoms. The highest BCUT2D eigenvalue weighted by Gasteiger charge is 2.09. The molecular formula is C17H18ClNO3. The summed E-state index contributed by atoms with van der Waals surface area (Å²) in [6, 6.07) is 14.0. The molecule has 0 aromatic heterocycles. The van der Waals surface area contributed by atoms with Crippen molar-refractivity contribution in [2.75, 3.05) is 6.61 Å². The Kier molecular flexibility index (Phi) is 5.81. The summed E-state index contributed by atoms with van der Waals surface area (Å²) in [4.78, 5) is 12.0. The van der Waals surface area contributed by atoms with Gasteiger partial charge in [-0.25, -0.2) is 0 Å². The molecular weight excluding hydrogens is 302 g/mol. The highest BCUT2D eigenvalue weighted by atomic mass is 35.5. The molecule has 0 fully saturated rings. The van der Waals surface area contributed by atoms with Gasteiger partial charge in [0.2, 0.25) is 0 Å². The fourth-order valence-electron chi connectivity index (χ4n) is 1.87. The Labute approximate surface area is 134 Å². The van der Waals surface area contributed by atoms with E-state index in [0.29, 0.717) is 22.9 Å². The van der Waals surface area contributed by atoms with E-state index in [9.17, 15) is 4.79 Å². The summed E-state index contributed by atoms with van der Waals surface area (Å²) in [5.74, 6) is 0.360. The van der Waals surface area contributed by atoms with Gasteiger partial charge in [0.25, 0.3) is 5.91 Å². The summed E-state index contributed by atoms with van der Waals surface area (Å²) in [5.41, 5.74) is 1.44. The monoisotopic (exact) mass is 319 g/mol. The lowest BCUT2D eigenvalue weighted by Crippen LogP contribution is -2.34. The van der Waals surface area contributed by atoms with E-state index in [1.807, 2.05) is 18.2 Å². The number of rotatable bonds is 6. The maximum Gasteiger partial charge on any atom is 0.251 e. The van der Waals surface area contributed by atoms with Gasteiger partial charge < -0.3 is 15.2 Å². The average molecular weight is 320 g/mol. The Morgan fingerprint density at radius 1 is 1.27 bits per heavy atom. The first-order chi connectivity index (χ1) is 10.6. The van der Waals surface area contributed by atoms with Gasteiger partial charge in [-0.1, -0.05) is 29.8 Å². The fraction of sp³-hybridized carbons (Fsp3) is 0.235. The SMILES string of the molecule is CC(CO)NC(=O)c1cccc(OCc2cccc(Cl)c2)c1. The van der Waals surface area contributed by atoms with Gasteiger partial charge in [-0.15, -0.1) is 0 Å². The maximum atomic E-state index is 12.0. The van der Waals surface area contributed by atoms with Crippen LogP contribution in [0.4, 0.5) is 0 Å². The van der Waals surface area contributed by atoms with Crippen LogP contribution in [0.3, 0.4) is 0 Å². The van der Waals surface area contributed by atoms with E-state index in [0.717, 1.165) is 5.56 Å². The Balaban J connectivity index is 2.00. The third kappa shape index (κ3) is 4.76. The van der Waals surface area contributed by atoms with E-state index in [4.69, 9.17) is 21.4 Å². The molecule has 2 aromatic rings. The van der Waals surface area contributed by atoms with Crippen molar-refractivity contribution < 1.29 is 14.6 Å². The van der Waals surface area contributed by atoms with Crippen molar-refractivity contribution in [2.24, 2.45) is 0 Å². The first kappa shape index (κ1) is 16.3. The molecule has 0 aliphatic carbocycles. The Hall–Kier alpha value is -2.04. The fourth-order valence-corrected chi connectivity index (χ4v) is 2.09. The van der Waals surface area contributed by atoms with Crippen LogP contribution in [-0.2, 0) is 6.61 Å². The van der Waals surface area contributed by atoms with Crippen LogP contribution in [0.25, 0.3) is 0 Å². The number of aliphatic hydroxyl groups is 1. The van der Waals surface area contributed by atoms with Crippen LogP contribution in [0.1, 0.15) is 22.8 Å². The summed E-state index contributed by atoms with van der Waals surface area (Å²) < 4.78 is 5.68. The molecule has 2 N–H and O–H groups in total. The normalized spacial score (nSPS) is 11.8. The number of amides is 1. The minimum Gasteiger partial charge on any atom is -0.489 e. The van der Waals surface area contributed by atoms with Crippen molar-refractivity contribution in [3.05, 3.63) is 64.7 Å². The molecule has 0 heterocycles. The van der Waals surface area contributed by atoms with Crippen molar-refractivity contribution in [2.45, 2.75) is 19.6 Å². The first-order valence-electron chi connectivity index (χ1n) is 6.97. The molecule has 2 rings (SSSR count). The molecule has 1 unspecified atom stereocenters. The highest BCUT2D eigenvalue weighted by molar-refractivity contribution is 6.30. The van der Waals surface area contributed by atoms with Gasteiger partial charge in [-0.3, -0.25) is 4.79 Å². The number of aliphatic hydroxyl groups excluding tert-OH is 1. The highest BCUT2D eigenvalue weighted by Crippen LogP contribution is 2.17. The largest absolute Gasteiger partial charge is 0.489 e. The molecule has 0 bridgehead atoms. The molecule has 0 saturated carbocycles. The summed E-state index contributed by atoms with van der Waals surface area (Å²) >= 11 is 5.93. The lowest BCUT2D eigenvalue weighted by atomic mass is 10.2. The summed E-state index contributed by atoms with van der Waals surface area (Å²) in [5, 5.41) is 12.3. The zero-order chi connectivity index (χ0) is 15.9. The first-order valence-corrected chi connectivity index (χ1v) is 7.35. The predicted molar refractivity (Wildman–Crippen MR) is 86.2 cm³/mol. The third-order valence-corrected chi connectivity index (χ3v) is 3.28. The molecule has 1 atom stereocenters. The second-order valence-corrected chi connectivity index (χ2v) is 5.44. The number of benzene rings is 2. The van der Waals surface area contributed by atoms with E-state index in [1.165, 1.54) is 0 Å². The summed E-state index contributed by atoms with van der Waals surface area (Å²) in [7, 11) is 0. The summed E-state index contributed by atoms with van der Waals surface area (Å²) in [6.45, 7) is 2.01. The second kappa shape index (κ2) is 7.82. The van der Waals surface area contributed by atoms with Crippen molar-refractivity contribution in [3.8, 4) is 5.75 Å². The van der Waals surface area contributed by atoms with E-state index < -0.39 is 0 Å². The molecule has 116 valence electrons. The molecule has 2 aromatic carbocycles. The molecule has 0 saturated heterocycles. The van der Waals surface area contributed by atoms with E-state index in [2.05, 4.69) is 5.32 Å². The molecule has 0 radical (unpaired) electrons. The van der Waals surface area contributed by atoms with Crippen molar-refractivity contribution in [3.63, 3.8) is 0 Å². The van der Waals surface area contributed by atoms with Crippen molar-refractivity contribution in [1.82, 2.24) is 5.32 Å². The van der Waals surface area contributed by atoms with Crippen LogP contribution in [-0.4, -0.2) is 23.7 Å². The number of carbonyl (C=O) groups is 1. The minimum absolute atomic E-state index is 0.100. The number of ether oxygens (including phenoxy) is 1. The van der Waals surface area contributed by atoms with E-state index in [-0.39, 0.29) is 18.6 Å². The maximum absolute atomic E-state index is 12.0. The van der Waals surface area contributed by atoms with Gasteiger partial charge in [-0.05, 0) is 42.8 Å². The van der Waals surface area contributed by atoms with Gasteiger partial charge in [0.05, 0.1) is 6.61 Å². The smallest absolute Gasteiger partial charge is 0.251 e. The quantitative estimate of drug-likeness (QED) is 0.860. The second-order valence-electron chi connectivity index (χ2n) is 5.00. The molecule has 1 amide bonds. The third-order valence-electron chi connectivity index (χ3n) is 3.04. The summed E-state index contributed by atoms with van der Waals surface area (Å²) in [6.07, 6.45) is 0. The van der Waals surface area contributed by atoms with Crippen molar-refractivity contribution >= 4 is 17.5 Å². The van der Waals surface area contributed by atoms with Gasteiger partial charge in [0.15, 0.2) is 0 Å². The molecule has 0 aliphatic rings. The zero-order valence-corrected chi connectivity index (χ0v) is 13.0. The van der Waals surface area contributed by atoms with Gasteiger partial charge in [-0.2, -0.15) is 0 Å². The van der Waals surface area contributed by atoms with Crippen molar-refractivity contribution in [1.29, 1.82) is 0 Å². The lowest BCUT2D eigenvalue weighted by molar-refractivity contribution is 0.0922. The van der Waals surface area contributed by atoms with E-state index in [1.54, 1.807) is 37.3 Å². The number of halogens is 1. The standard InChI is InChI=1S/C17H18ClNO3/c1-12(10-20)19-17(21)14-5-3-7-16(9-14)22-11-13-4-2-6-15(18)8-13/h2-9,12,20H,10-11H2,1H3,(H,19,21). The van der Waals surface area contributed by atoms with Gasteiger partial charge in [0.1, 0.15) is 12.4 Å². The topological polar surface area (TPSA) is 58.6 Å². The Bertz CT molecular complexity index is 645. The minimum atomic E-state index is -0.288. The molecule has 0 spiro atoms. The molecule has 5 heteroatoms. The average Bonchev–Trinajstić information content (AvgIpc) is 2.53. The Morgan fingerprint density at radius 2 is 2.05 bits per heavy atom. The van der Waals surface area contributed by atoms with Crippen LogP contribution < -0.4 is 10.1 Å². The molecule has 4 nitrogen and oxygen atoms in total. The lowest BCUT2D eigenvalue weighted by Gasteiger charge is -2.12.